The van der Waals surface area contributed by atoms with Crippen LogP contribution in [-0.4, -0.2) is 47.4 Å². The molecular weight excluding hydrogens is 959 g/mol. The molecule has 78 heavy (non-hydrogen) atoms. The van der Waals surface area contributed by atoms with Gasteiger partial charge in [0, 0.05) is 12.8 Å². The molecule has 0 saturated heterocycles. The molecule has 1 amide bonds. The standard InChI is InChI=1S/C72H139NO5/c1-3-5-7-9-11-13-15-17-19-33-38-42-46-50-54-58-62-66-72(77)78-67-63-59-55-51-47-43-39-35-32-30-28-26-24-22-21-23-25-27-29-31-34-37-41-45-49-53-57-61-65-71(76)73-69(68-74)70(75)64-60-56-52-48-44-40-36-20-18-16-14-12-10-8-6-4-2/h21-22,60,64,69-70,74-75H,3-20,23-59,61-63,65-68H2,1-2H3,(H,73,76)/b22-21-,64-60+. The molecule has 0 aliphatic rings. The van der Waals surface area contributed by atoms with E-state index in [0.717, 1.165) is 38.5 Å². The van der Waals surface area contributed by atoms with E-state index < -0.39 is 12.1 Å². The van der Waals surface area contributed by atoms with Gasteiger partial charge in [0.1, 0.15) is 0 Å². The minimum absolute atomic E-state index is 0.0201. The number of hydrogen-bond acceptors (Lipinski definition) is 5. The molecule has 0 aliphatic carbocycles. The van der Waals surface area contributed by atoms with Crippen molar-refractivity contribution in [2.45, 2.75) is 411 Å². The van der Waals surface area contributed by atoms with E-state index in [0.29, 0.717) is 19.4 Å². The highest BCUT2D eigenvalue weighted by atomic mass is 16.5. The SMILES string of the molecule is CCCCCCCCCCCCCCCC/C=C/C(O)C(CO)NC(=O)CCCCCCCCCCCCCC/C=C\CCCCCCCCCCCCCCOC(=O)CCCCCCCCCCCCCCCCCCC. The van der Waals surface area contributed by atoms with E-state index in [1.54, 1.807) is 6.08 Å². The number of carbonyl (C=O) groups is 2. The molecule has 462 valence electrons. The normalized spacial score (nSPS) is 12.6. The zero-order valence-corrected chi connectivity index (χ0v) is 52.9. The maximum Gasteiger partial charge on any atom is 0.305 e. The Morgan fingerprint density at radius 2 is 0.603 bits per heavy atom. The molecule has 0 heterocycles. The van der Waals surface area contributed by atoms with E-state index in [1.807, 2.05) is 6.08 Å². The Hall–Kier alpha value is -1.66. The van der Waals surface area contributed by atoms with E-state index in [-0.39, 0.29) is 18.5 Å². The summed E-state index contributed by atoms with van der Waals surface area (Å²) in [6, 6.07) is -0.628. The van der Waals surface area contributed by atoms with Crippen LogP contribution in [0.25, 0.3) is 0 Å². The fourth-order valence-electron chi connectivity index (χ4n) is 11.3. The van der Waals surface area contributed by atoms with E-state index >= 15 is 0 Å². The van der Waals surface area contributed by atoms with Crippen molar-refractivity contribution in [1.29, 1.82) is 0 Å². The van der Waals surface area contributed by atoms with Gasteiger partial charge in [0.15, 0.2) is 0 Å². The van der Waals surface area contributed by atoms with Crippen LogP contribution in [0.5, 0.6) is 0 Å². The largest absolute Gasteiger partial charge is 0.466 e. The first-order chi connectivity index (χ1) is 38.5. The van der Waals surface area contributed by atoms with Crippen molar-refractivity contribution in [2.75, 3.05) is 13.2 Å². The fraction of sp³-hybridized carbons (Fsp3) is 0.917. The lowest BCUT2D eigenvalue weighted by Crippen LogP contribution is -2.45. The van der Waals surface area contributed by atoms with Crippen molar-refractivity contribution < 1.29 is 24.5 Å². The molecule has 6 heteroatoms. The van der Waals surface area contributed by atoms with E-state index in [2.05, 4.69) is 31.3 Å². The number of hydrogen-bond donors (Lipinski definition) is 3. The zero-order valence-electron chi connectivity index (χ0n) is 52.9. The number of carbonyl (C=O) groups excluding carboxylic acids is 2. The summed E-state index contributed by atoms with van der Waals surface area (Å²) in [6.45, 7) is 4.94. The number of allylic oxidation sites excluding steroid dienone is 3. The highest BCUT2D eigenvalue weighted by molar-refractivity contribution is 5.76. The number of ether oxygens (including phenoxy) is 1. The molecule has 0 aromatic carbocycles. The quantitative estimate of drug-likeness (QED) is 0.0320. The summed E-state index contributed by atoms with van der Waals surface area (Å²) < 4.78 is 5.51. The Morgan fingerprint density at radius 1 is 0.346 bits per heavy atom. The van der Waals surface area contributed by atoms with Crippen molar-refractivity contribution in [3.05, 3.63) is 24.3 Å². The van der Waals surface area contributed by atoms with Gasteiger partial charge in [-0.05, 0) is 57.8 Å². The summed E-state index contributed by atoms with van der Waals surface area (Å²) >= 11 is 0. The Labute approximate surface area is 488 Å². The van der Waals surface area contributed by atoms with Gasteiger partial charge < -0.3 is 20.3 Å². The predicted molar refractivity (Wildman–Crippen MR) is 343 cm³/mol. The van der Waals surface area contributed by atoms with Gasteiger partial charge in [-0.15, -0.1) is 0 Å². The summed E-state index contributed by atoms with van der Waals surface area (Å²) in [6.07, 6.45) is 85.5. The van der Waals surface area contributed by atoms with E-state index in [9.17, 15) is 19.8 Å². The van der Waals surface area contributed by atoms with Gasteiger partial charge in [-0.3, -0.25) is 9.59 Å². The maximum absolute atomic E-state index is 12.5. The Bertz CT molecular complexity index is 1220. The minimum Gasteiger partial charge on any atom is -0.466 e. The summed E-state index contributed by atoms with van der Waals surface area (Å²) in [5.41, 5.74) is 0. The third-order valence-corrected chi connectivity index (χ3v) is 16.7. The maximum atomic E-state index is 12.5. The second kappa shape index (κ2) is 67.8. The van der Waals surface area contributed by atoms with Gasteiger partial charge in [0.25, 0.3) is 0 Å². The lowest BCUT2D eigenvalue weighted by atomic mass is 10.0. The average molecular weight is 1100 g/mol. The zero-order chi connectivity index (χ0) is 56.4. The fourth-order valence-corrected chi connectivity index (χ4v) is 11.3. The second-order valence-corrected chi connectivity index (χ2v) is 24.6. The first-order valence-corrected chi connectivity index (χ1v) is 35.6. The number of nitrogens with one attached hydrogen (secondary N) is 1. The molecule has 0 bridgehead atoms. The Kier molecular flexibility index (Phi) is 66.4. The number of amides is 1. The molecular formula is C72H139NO5. The topological polar surface area (TPSA) is 95.9 Å². The van der Waals surface area contributed by atoms with Crippen LogP contribution in [0.1, 0.15) is 399 Å². The third-order valence-electron chi connectivity index (χ3n) is 16.7. The first kappa shape index (κ1) is 76.3. The Morgan fingerprint density at radius 3 is 0.910 bits per heavy atom. The third kappa shape index (κ3) is 63.5. The molecule has 0 aromatic rings. The molecule has 6 nitrogen and oxygen atoms in total. The van der Waals surface area contributed by atoms with Crippen molar-refractivity contribution in [1.82, 2.24) is 5.32 Å². The van der Waals surface area contributed by atoms with Crippen LogP contribution in [-0.2, 0) is 14.3 Å². The predicted octanol–water partition coefficient (Wildman–Crippen LogP) is 22.9. The molecule has 3 N–H and O–H groups in total. The van der Waals surface area contributed by atoms with Gasteiger partial charge in [0.05, 0.1) is 25.4 Å². The van der Waals surface area contributed by atoms with Gasteiger partial charge in [-0.25, -0.2) is 0 Å². The summed E-state index contributed by atoms with van der Waals surface area (Å²) in [7, 11) is 0. The first-order valence-electron chi connectivity index (χ1n) is 35.6. The van der Waals surface area contributed by atoms with Crippen LogP contribution in [0, 0.1) is 0 Å². The van der Waals surface area contributed by atoms with Crippen molar-refractivity contribution >= 4 is 11.9 Å². The smallest absolute Gasteiger partial charge is 0.305 e. The van der Waals surface area contributed by atoms with Crippen LogP contribution in [0.3, 0.4) is 0 Å². The lowest BCUT2D eigenvalue weighted by molar-refractivity contribution is -0.143. The van der Waals surface area contributed by atoms with Gasteiger partial charge >= 0.3 is 5.97 Å². The molecule has 0 radical (unpaired) electrons. The van der Waals surface area contributed by atoms with Crippen LogP contribution < -0.4 is 5.32 Å². The van der Waals surface area contributed by atoms with Crippen LogP contribution in [0.15, 0.2) is 24.3 Å². The van der Waals surface area contributed by atoms with Crippen LogP contribution in [0.4, 0.5) is 0 Å². The molecule has 0 spiro atoms. The molecule has 2 unspecified atom stereocenters. The number of unbranched alkanes of at least 4 members (excludes halogenated alkanes) is 54. The molecule has 2 atom stereocenters. The Balaban J connectivity index is 3.37. The minimum atomic E-state index is -0.844. The molecule has 0 saturated carbocycles. The summed E-state index contributed by atoms with van der Waals surface area (Å²) in [4.78, 5) is 24.6. The molecule has 0 aromatic heterocycles. The summed E-state index contributed by atoms with van der Waals surface area (Å²) in [5, 5.41) is 23.2. The number of rotatable bonds is 67. The van der Waals surface area contributed by atoms with Crippen LogP contribution >= 0.6 is 0 Å². The van der Waals surface area contributed by atoms with Gasteiger partial charge in [-0.1, -0.05) is 353 Å². The number of esters is 1. The highest BCUT2D eigenvalue weighted by Gasteiger charge is 2.18. The molecule has 0 aliphatic heterocycles. The highest BCUT2D eigenvalue weighted by Crippen LogP contribution is 2.19. The van der Waals surface area contributed by atoms with E-state index in [4.69, 9.17) is 4.74 Å². The number of aliphatic hydroxyl groups excluding tert-OH is 2. The monoisotopic (exact) mass is 1100 g/mol. The van der Waals surface area contributed by atoms with Crippen LogP contribution in [0.2, 0.25) is 0 Å². The number of aliphatic hydroxyl groups is 2. The summed E-state index contributed by atoms with van der Waals surface area (Å²) in [5.74, 6) is -0.0449. The van der Waals surface area contributed by atoms with Gasteiger partial charge in [0.2, 0.25) is 5.91 Å². The second-order valence-electron chi connectivity index (χ2n) is 24.6. The van der Waals surface area contributed by atoms with Crippen molar-refractivity contribution in [3.63, 3.8) is 0 Å². The average Bonchev–Trinajstić information content (AvgIpc) is 3.44. The lowest BCUT2D eigenvalue weighted by Gasteiger charge is -2.20. The molecule has 0 rings (SSSR count). The van der Waals surface area contributed by atoms with E-state index in [1.165, 1.54) is 334 Å². The van der Waals surface area contributed by atoms with Crippen molar-refractivity contribution in [2.24, 2.45) is 0 Å². The van der Waals surface area contributed by atoms with Gasteiger partial charge in [-0.2, -0.15) is 0 Å². The molecule has 0 fully saturated rings. The van der Waals surface area contributed by atoms with Crippen molar-refractivity contribution in [3.8, 4) is 0 Å².